The van der Waals surface area contributed by atoms with Crippen molar-refractivity contribution < 1.29 is 19.1 Å². The third-order valence-corrected chi connectivity index (χ3v) is 4.98. The van der Waals surface area contributed by atoms with Gasteiger partial charge in [0.15, 0.2) is 5.78 Å². The summed E-state index contributed by atoms with van der Waals surface area (Å²) < 4.78 is 7.02. The fourth-order valence-electron chi connectivity index (χ4n) is 3.63. The molecule has 1 heterocycles. The highest BCUT2D eigenvalue weighted by molar-refractivity contribution is 6.06. The average molecular weight is 393 g/mol. The van der Waals surface area contributed by atoms with Gasteiger partial charge in [0.05, 0.1) is 12.6 Å². The van der Waals surface area contributed by atoms with Gasteiger partial charge in [-0.25, -0.2) is 4.79 Å². The van der Waals surface area contributed by atoms with E-state index in [0.29, 0.717) is 29.9 Å². The van der Waals surface area contributed by atoms with Crippen LogP contribution in [0.25, 0.3) is 0 Å². The van der Waals surface area contributed by atoms with Gasteiger partial charge in [-0.15, -0.1) is 0 Å². The molecular weight excluding hydrogens is 356 g/mol. The molecule has 6 nitrogen and oxygen atoms in total. The molecule has 1 amide bonds. The molecule has 0 spiro atoms. The molecule has 0 fully saturated rings. The maximum atomic E-state index is 13.4. The fourth-order valence-corrected chi connectivity index (χ4v) is 3.63. The van der Waals surface area contributed by atoms with Crippen molar-refractivity contribution in [3.63, 3.8) is 0 Å². The maximum Gasteiger partial charge on any atom is 0.355 e. The molecule has 0 aliphatic carbocycles. The molecular formula is C22H36N2O4. The Hall–Kier alpha value is -2.11. The number of ketones is 1. The van der Waals surface area contributed by atoms with Gasteiger partial charge < -0.3 is 14.2 Å². The number of amides is 1. The van der Waals surface area contributed by atoms with Gasteiger partial charge in [0.2, 0.25) is 5.91 Å². The van der Waals surface area contributed by atoms with Crippen LogP contribution in [-0.2, 0) is 16.1 Å². The van der Waals surface area contributed by atoms with E-state index in [1.54, 1.807) is 25.7 Å². The normalized spacial score (nSPS) is 12.4. The summed E-state index contributed by atoms with van der Waals surface area (Å²) in [5.74, 6) is -0.538. The molecule has 1 aromatic heterocycles. The van der Waals surface area contributed by atoms with Crippen LogP contribution in [0.4, 0.5) is 0 Å². The lowest BCUT2D eigenvalue weighted by molar-refractivity contribution is -0.136. The van der Waals surface area contributed by atoms with E-state index < -0.39 is 12.0 Å². The third-order valence-electron chi connectivity index (χ3n) is 4.98. The molecule has 0 radical (unpaired) electrons. The van der Waals surface area contributed by atoms with Gasteiger partial charge in [-0.05, 0) is 46.1 Å². The monoisotopic (exact) mass is 392 g/mol. The van der Waals surface area contributed by atoms with Crippen LogP contribution in [0.15, 0.2) is 0 Å². The van der Waals surface area contributed by atoms with Crippen LogP contribution in [0, 0.1) is 25.7 Å². The van der Waals surface area contributed by atoms with Crippen LogP contribution in [0.3, 0.4) is 0 Å². The molecule has 158 valence electrons. The van der Waals surface area contributed by atoms with E-state index in [2.05, 4.69) is 0 Å². The molecule has 1 rings (SSSR count). The number of carbonyl (C=O) groups is 3. The number of esters is 1. The lowest BCUT2D eigenvalue weighted by Crippen LogP contribution is -2.47. The predicted octanol–water partition coefficient (Wildman–Crippen LogP) is 4.01. The van der Waals surface area contributed by atoms with E-state index in [0.717, 1.165) is 5.69 Å². The molecule has 0 aliphatic rings. The average Bonchev–Trinajstić information content (AvgIpc) is 2.87. The number of Topliss-reactive ketones (excluding diaryl/α,β-unsaturated/α-hetero) is 1. The zero-order chi connectivity index (χ0) is 21.8. The molecule has 0 saturated carbocycles. The van der Waals surface area contributed by atoms with Crippen LogP contribution < -0.4 is 0 Å². The van der Waals surface area contributed by atoms with Crippen LogP contribution in [0.2, 0.25) is 0 Å². The van der Waals surface area contributed by atoms with Crippen molar-refractivity contribution in [2.45, 2.75) is 74.9 Å². The largest absolute Gasteiger partial charge is 0.461 e. The number of carbonyl (C=O) groups excluding carboxylic acids is 3. The van der Waals surface area contributed by atoms with Crippen molar-refractivity contribution in [2.24, 2.45) is 11.8 Å². The number of hydrogen-bond donors (Lipinski definition) is 0. The minimum Gasteiger partial charge on any atom is -0.461 e. The minimum atomic E-state index is -0.600. The van der Waals surface area contributed by atoms with Gasteiger partial charge in [0.1, 0.15) is 5.69 Å². The topological polar surface area (TPSA) is 68.6 Å². The number of aromatic nitrogens is 1. The van der Waals surface area contributed by atoms with Gasteiger partial charge in [-0.2, -0.15) is 0 Å². The Morgan fingerprint density at radius 3 is 2.04 bits per heavy atom. The molecule has 0 N–H and O–H groups in total. The summed E-state index contributed by atoms with van der Waals surface area (Å²) in [5.41, 5.74) is 2.29. The quantitative estimate of drug-likeness (QED) is 0.470. The van der Waals surface area contributed by atoms with Crippen molar-refractivity contribution >= 4 is 17.7 Å². The van der Waals surface area contributed by atoms with Crippen LogP contribution in [0.1, 0.15) is 80.6 Å². The van der Waals surface area contributed by atoms with Gasteiger partial charge >= 0.3 is 5.97 Å². The molecule has 1 atom stereocenters. The second-order valence-electron chi connectivity index (χ2n) is 7.98. The summed E-state index contributed by atoms with van der Waals surface area (Å²) in [6.07, 6.45) is 0. The first-order valence-electron chi connectivity index (χ1n) is 10.2. The van der Waals surface area contributed by atoms with E-state index in [1.165, 1.54) is 0 Å². The molecule has 0 aromatic carbocycles. The van der Waals surface area contributed by atoms with Crippen molar-refractivity contribution in [2.75, 3.05) is 13.2 Å². The van der Waals surface area contributed by atoms with E-state index in [9.17, 15) is 14.4 Å². The van der Waals surface area contributed by atoms with E-state index in [1.807, 2.05) is 46.1 Å². The van der Waals surface area contributed by atoms with Gasteiger partial charge in [-0.3, -0.25) is 9.59 Å². The van der Waals surface area contributed by atoms with Gasteiger partial charge in [-0.1, -0.05) is 27.7 Å². The highest BCUT2D eigenvalue weighted by atomic mass is 16.5. The number of nitrogens with zero attached hydrogens (tertiary/aromatic N) is 2. The molecule has 0 bridgehead atoms. The Morgan fingerprint density at radius 2 is 1.61 bits per heavy atom. The smallest absolute Gasteiger partial charge is 0.355 e. The maximum absolute atomic E-state index is 13.4. The lowest BCUT2D eigenvalue weighted by Gasteiger charge is -2.31. The van der Waals surface area contributed by atoms with E-state index in [4.69, 9.17) is 4.74 Å². The Bertz CT molecular complexity index is 731. The lowest BCUT2D eigenvalue weighted by atomic mass is 9.98. The molecule has 0 saturated heterocycles. The second-order valence-corrected chi connectivity index (χ2v) is 7.98. The standard InChI is InChI=1S/C22H36N2O4/c1-10-23-16(8)18(15(7)19(23)22(27)28-11-2)20(25)17(9)24(12-13(3)4)21(26)14(5)6/h13-14,17H,10-12H2,1-9H3/t17-/m1/s1. The Balaban J connectivity index is 3.43. The molecule has 0 unspecified atom stereocenters. The summed E-state index contributed by atoms with van der Waals surface area (Å²) in [6.45, 7) is 18.2. The molecule has 0 aliphatic heterocycles. The third kappa shape index (κ3) is 4.83. The summed E-state index contributed by atoms with van der Waals surface area (Å²) in [7, 11) is 0. The van der Waals surface area contributed by atoms with Crippen LogP contribution in [-0.4, -0.2) is 46.3 Å². The highest BCUT2D eigenvalue weighted by Gasteiger charge is 2.33. The van der Waals surface area contributed by atoms with Crippen molar-refractivity contribution in [1.29, 1.82) is 0 Å². The van der Waals surface area contributed by atoms with E-state index >= 15 is 0 Å². The van der Waals surface area contributed by atoms with Crippen molar-refractivity contribution in [3.8, 4) is 0 Å². The highest BCUT2D eigenvalue weighted by Crippen LogP contribution is 2.26. The van der Waals surface area contributed by atoms with Crippen molar-refractivity contribution in [3.05, 3.63) is 22.5 Å². The summed E-state index contributed by atoms with van der Waals surface area (Å²) in [5, 5.41) is 0. The Morgan fingerprint density at radius 1 is 1.04 bits per heavy atom. The van der Waals surface area contributed by atoms with E-state index in [-0.39, 0.29) is 30.1 Å². The summed E-state index contributed by atoms with van der Waals surface area (Å²) in [6, 6.07) is -0.600. The zero-order valence-electron chi connectivity index (χ0n) is 18.9. The summed E-state index contributed by atoms with van der Waals surface area (Å²) >= 11 is 0. The first-order valence-corrected chi connectivity index (χ1v) is 10.2. The van der Waals surface area contributed by atoms with Gasteiger partial charge in [0, 0.05) is 30.3 Å². The van der Waals surface area contributed by atoms with Gasteiger partial charge in [0.25, 0.3) is 0 Å². The van der Waals surface area contributed by atoms with Crippen LogP contribution >= 0.6 is 0 Å². The first-order chi connectivity index (χ1) is 13.0. The molecule has 28 heavy (non-hydrogen) atoms. The first kappa shape index (κ1) is 23.9. The Kier molecular flexibility index (Phi) is 8.46. The number of rotatable bonds is 9. The molecule has 1 aromatic rings. The number of hydrogen-bond acceptors (Lipinski definition) is 4. The Labute approximate surface area is 169 Å². The SMILES string of the molecule is CCOC(=O)c1c(C)c(C(=O)[C@@H](C)N(CC(C)C)C(=O)C(C)C)c(C)n1CC. The number of ether oxygens (including phenoxy) is 1. The second kappa shape index (κ2) is 9.89. The predicted molar refractivity (Wildman–Crippen MR) is 111 cm³/mol. The zero-order valence-corrected chi connectivity index (χ0v) is 18.9. The summed E-state index contributed by atoms with van der Waals surface area (Å²) in [4.78, 5) is 40.3. The fraction of sp³-hybridized carbons (Fsp3) is 0.682. The minimum absolute atomic E-state index is 0.0367. The van der Waals surface area contributed by atoms with Crippen molar-refractivity contribution in [1.82, 2.24) is 9.47 Å². The van der Waals surface area contributed by atoms with Crippen LogP contribution in [0.5, 0.6) is 0 Å². The molecule has 6 heteroatoms.